The van der Waals surface area contributed by atoms with Crippen molar-refractivity contribution in [3.63, 3.8) is 0 Å². The zero-order chi connectivity index (χ0) is 28.7. The number of carbonyl (C=O) groups excluding carboxylic acids is 1. The van der Waals surface area contributed by atoms with Crippen molar-refractivity contribution in [3.8, 4) is 0 Å². The maximum absolute atomic E-state index is 12.6. The average Bonchev–Trinajstić information content (AvgIpc) is 3.41. The summed E-state index contributed by atoms with van der Waals surface area (Å²) in [7, 11) is 2.68. The van der Waals surface area contributed by atoms with E-state index in [2.05, 4.69) is 0 Å². The second-order valence-corrected chi connectivity index (χ2v) is 10.1. The minimum Gasteiger partial charge on any atom is -0.467 e. The van der Waals surface area contributed by atoms with Crippen LogP contribution < -0.4 is 0 Å². The van der Waals surface area contributed by atoms with E-state index in [9.17, 15) is 9.90 Å². The highest BCUT2D eigenvalue weighted by molar-refractivity contribution is 5.75. The van der Waals surface area contributed by atoms with Crippen LogP contribution in [0, 0.1) is 0 Å². The molecule has 1 N–H and O–H groups in total. The summed E-state index contributed by atoms with van der Waals surface area (Å²) in [5.74, 6) is -0.865. The molecule has 0 bridgehead atoms. The first-order valence-electron chi connectivity index (χ1n) is 13.6. The molecule has 5 rings (SSSR count). The van der Waals surface area contributed by atoms with Gasteiger partial charge in [0.1, 0.15) is 24.4 Å². The summed E-state index contributed by atoms with van der Waals surface area (Å²) in [5.41, 5.74) is 1.44. The highest BCUT2D eigenvalue weighted by Crippen LogP contribution is 2.46. The van der Waals surface area contributed by atoms with Crippen molar-refractivity contribution in [3.05, 3.63) is 108 Å². The lowest BCUT2D eigenvalue weighted by atomic mass is 9.79. The lowest BCUT2D eigenvalue weighted by Gasteiger charge is -2.52. The number of ether oxygens (including phenoxy) is 7. The molecule has 0 amide bonds. The highest BCUT2D eigenvalue weighted by Gasteiger charge is 2.68. The van der Waals surface area contributed by atoms with E-state index in [1.807, 2.05) is 91.0 Å². The number of benzene rings is 3. The van der Waals surface area contributed by atoms with Gasteiger partial charge in [0, 0.05) is 7.11 Å². The third kappa shape index (κ3) is 6.37. The number of rotatable bonds is 12. The fourth-order valence-corrected chi connectivity index (χ4v) is 5.47. The summed E-state index contributed by atoms with van der Waals surface area (Å²) in [4.78, 5) is 12.6. The van der Waals surface area contributed by atoms with Gasteiger partial charge in [-0.25, -0.2) is 4.79 Å². The van der Waals surface area contributed by atoms with Crippen LogP contribution >= 0.6 is 0 Å². The predicted octanol–water partition coefficient (Wildman–Crippen LogP) is 3.42. The highest BCUT2D eigenvalue weighted by atomic mass is 16.7. The molecule has 2 aliphatic heterocycles. The van der Waals surface area contributed by atoms with Crippen molar-refractivity contribution in [1.82, 2.24) is 0 Å². The Morgan fingerprint density at radius 2 is 1.39 bits per heavy atom. The molecule has 3 aromatic carbocycles. The molecule has 0 aliphatic carbocycles. The lowest BCUT2D eigenvalue weighted by molar-refractivity contribution is -0.349. The first-order valence-corrected chi connectivity index (χ1v) is 13.6. The summed E-state index contributed by atoms with van der Waals surface area (Å²) in [6.45, 7) is 0.786. The largest absolute Gasteiger partial charge is 0.467 e. The first-order chi connectivity index (χ1) is 20.1. The summed E-state index contributed by atoms with van der Waals surface area (Å²) >= 11 is 0. The molecule has 0 saturated carbocycles. The second-order valence-electron chi connectivity index (χ2n) is 10.1. The molecule has 41 heavy (non-hydrogen) atoms. The third-order valence-electron chi connectivity index (χ3n) is 7.54. The summed E-state index contributed by atoms with van der Waals surface area (Å²) in [6, 6.07) is 29.1. The molecular weight excluding hydrogens is 528 g/mol. The molecule has 2 aliphatic rings. The lowest BCUT2D eigenvalue weighted by Crippen LogP contribution is -2.72. The van der Waals surface area contributed by atoms with Gasteiger partial charge in [-0.3, -0.25) is 0 Å². The van der Waals surface area contributed by atoms with Crippen LogP contribution in [0.3, 0.4) is 0 Å². The maximum Gasteiger partial charge on any atom is 0.337 e. The number of aliphatic hydroxyl groups is 1. The van der Waals surface area contributed by atoms with Crippen molar-refractivity contribution in [2.45, 2.75) is 62.2 Å². The van der Waals surface area contributed by atoms with Gasteiger partial charge < -0.3 is 38.3 Å². The number of esters is 1. The summed E-state index contributed by atoms with van der Waals surface area (Å²) in [5, 5.41) is 11.2. The number of carbonyl (C=O) groups is 1. The van der Waals surface area contributed by atoms with Gasteiger partial charge in [0.2, 0.25) is 0 Å². The fraction of sp³-hybridized carbons (Fsp3) is 0.406. The van der Waals surface area contributed by atoms with Gasteiger partial charge in [-0.2, -0.15) is 0 Å². The quantitative estimate of drug-likeness (QED) is 0.332. The number of methoxy groups -OCH3 is 2. The molecule has 2 fully saturated rings. The van der Waals surface area contributed by atoms with E-state index >= 15 is 0 Å². The molecule has 0 spiro atoms. The van der Waals surface area contributed by atoms with E-state index < -0.39 is 48.4 Å². The SMILES string of the molecule is COC(=O)C(O)C1OC(OC)C2OC[C@H](OCc3ccccc3)C2(OCc2ccccc2)C1OCc1ccccc1. The van der Waals surface area contributed by atoms with Crippen LogP contribution in [0.1, 0.15) is 16.7 Å². The third-order valence-corrected chi connectivity index (χ3v) is 7.54. The van der Waals surface area contributed by atoms with Crippen molar-refractivity contribution < 1.29 is 43.1 Å². The molecule has 2 heterocycles. The molecule has 7 atom stereocenters. The van der Waals surface area contributed by atoms with E-state index in [1.165, 1.54) is 14.2 Å². The van der Waals surface area contributed by atoms with Crippen LogP contribution in [0.5, 0.6) is 0 Å². The van der Waals surface area contributed by atoms with Gasteiger partial charge in [0.15, 0.2) is 18.0 Å². The Morgan fingerprint density at radius 1 is 0.854 bits per heavy atom. The minimum absolute atomic E-state index is 0.155. The molecule has 6 unspecified atom stereocenters. The Hall–Kier alpha value is -3.15. The van der Waals surface area contributed by atoms with Gasteiger partial charge in [-0.15, -0.1) is 0 Å². The van der Waals surface area contributed by atoms with Crippen molar-refractivity contribution in [2.24, 2.45) is 0 Å². The Balaban J connectivity index is 1.56. The number of fused-ring (bicyclic) bond motifs is 1. The van der Waals surface area contributed by atoms with Crippen molar-refractivity contribution in [1.29, 1.82) is 0 Å². The summed E-state index contributed by atoms with van der Waals surface area (Å²) in [6.07, 6.45) is -6.36. The van der Waals surface area contributed by atoms with Gasteiger partial charge in [0.25, 0.3) is 0 Å². The summed E-state index contributed by atoms with van der Waals surface area (Å²) < 4.78 is 42.9. The van der Waals surface area contributed by atoms with E-state index in [4.69, 9.17) is 33.2 Å². The zero-order valence-electron chi connectivity index (χ0n) is 23.2. The van der Waals surface area contributed by atoms with Crippen molar-refractivity contribution in [2.75, 3.05) is 20.8 Å². The van der Waals surface area contributed by atoms with Crippen LogP contribution in [-0.2, 0) is 57.8 Å². The van der Waals surface area contributed by atoms with Crippen molar-refractivity contribution >= 4 is 5.97 Å². The number of hydrogen-bond acceptors (Lipinski definition) is 9. The van der Waals surface area contributed by atoms with E-state index in [0.29, 0.717) is 0 Å². The number of hydrogen-bond donors (Lipinski definition) is 1. The normalized spacial score (nSPS) is 28.1. The molecule has 9 nitrogen and oxygen atoms in total. The molecule has 0 radical (unpaired) electrons. The molecule has 2 saturated heterocycles. The molecule has 218 valence electrons. The van der Waals surface area contributed by atoms with Crippen LogP contribution in [0.15, 0.2) is 91.0 Å². The monoisotopic (exact) mass is 564 g/mol. The molecular formula is C32H36O9. The van der Waals surface area contributed by atoms with Gasteiger partial charge in [-0.05, 0) is 16.7 Å². The van der Waals surface area contributed by atoms with E-state index in [0.717, 1.165) is 16.7 Å². The Bertz CT molecular complexity index is 1230. The first kappa shape index (κ1) is 29.3. The maximum atomic E-state index is 12.6. The Morgan fingerprint density at radius 3 is 1.93 bits per heavy atom. The van der Waals surface area contributed by atoms with Crippen LogP contribution in [0.2, 0.25) is 0 Å². The molecule has 3 aromatic rings. The number of aliphatic hydroxyl groups excluding tert-OH is 1. The minimum atomic E-state index is -1.69. The van der Waals surface area contributed by atoms with Gasteiger partial charge >= 0.3 is 5.97 Å². The topological polar surface area (TPSA) is 102 Å². The van der Waals surface area contributed by atoms with E-state index in [-0.39, 0.29) is 26.4 Å². The van der Waals surface area contributed by atoms with E-state index in [1.54, 1.807) is 0 Å². The Kier molecular flexibility index (Phi) is 9.79. The predicted molar refractivity (Wildman–Crippen MR) is 147 cm³/mol. The second kappa shape index (κ2) is 13.7. The Labute approximate surface area is 239 Å². The van der Waals surface area contributed by atoms with Gasteiger partial charge in [0.05, 0.1) is 33.5 Å². The van der Waals surface area contributed by atoms with Crippen LogP contribution in [0.25, 0.3) is 0 Å². The standard InChI is InChI=1S/C32H36O9/c1-35-30(34)26(33)27-28(38-19-23-14-8-4-9-15-23)32(40-20-24-16-10-5-11-17-24)25(21-39-29(32)31(36-2)41-27)37-18-22-12-6-3-7-13-22/h3-17,25-29,31,33H,18-21H2,1-2H3/t25-,26?,27?,28?,29?,31?,32?/m0/s1. The van der Waals surface area contributed by atoms with Crippen LogP contribution in [-0.4, -0.2) is 74.3 Å². The van der Waals surface area contributed by atoms with Gasteiger partial charge in [-0.1, -0.05) is 91.0 Å². The smallest absolute Gasteiger partial charge is 0.337 e. The molecule has 0 aromatic heterocycles. The average molecular weight is 565 g/mol. The van der Waals surface area contributed by atoms with Crippen LogP contribution in [0.4, 0.5) is 0 Å². The fourth-order valence-electron chi connectivity index (χ4n) is 5.47. The molecule has 9 heteroatoms. The zero-order valence-corrected chi connectivity index (χ0v) is 23.2.